The van der Waals surface area contributed by atoms with Gasteiger partial charge in [0.25, 0.3) is 5.91 Å². The summed E-state index contributed by atoms with van der Waals surface area (Å²) in [6.45, 7) is 7.95. The highest BCUT2D eigenvalue weighted by atomic mass is 16.5. The molecule has 0 bridgehead atoms. The van der Waals surface area contributed by atoms with Crippen LogP contribution in [0.15, 0.2) is 48.5 Å². The molecule has 1 fully saturated rings. The Hall–Kier alpha value is -2.53. The summed E-state index contributed by atoms with van der Waals surface area (Å²) in [4.78, 5) is 15.0. The molecule has 0 saturated carbocycles. The fourth-order valence-electron chi connectivity index (χ4n) is 3.48. The molecule has 0 unspecified atom stereocenters. The van der Waals surface area contributed by atoms with Crippen LogP contribution in [0.25, 0.3) is 0 Å². The van der Waals surface area contributed by atoms with Crippen LogP contribution in [-0.4, -0.2) is 43.7 Å². The number of hydrogen-bond donors (Lipinski definition) is 1. The number of carbonyl (C=O) groups is 1. The van der Waals surface area contributed by atoms with Crippen LogP contribution in [0.1, 0.15) is 42.6 Å². The second-order valence-corrected chi connectivity index (χ2v) is 8.02. The van der Waals surface area contributed by atoms with Gasteiger partial charge < -0.3 is 14.8 Å². The highest BCUT2D eigenvalue weighted by Crippen LogP contribution is 2.19. The van der Waals surface area contributed by atoms with Crippen LogP contribution < -0.4 is 14.8 Å². The van der Waals surface area contributed by atoms with Gasteiger partial charge in [-0.15, -0.1) is 0 Å². The van der Waals surface area contributed by atoms with E-state index in [-0.39, 0.29) is 11.9 Å². The van der Waals surface area contributed by atoms with E-state index < -0.39 is 0 Å². The Bertz CT molecular complexity index is 766. The average Bonchev–Trinajstić information content (AvgIpc) is 2.75. The van der Waals surface area contributed by atoms with Gasteiger partial charge in [0.05, 0.1) is 13.2 Å². The molecule has 0 spiro atoms. The molecule has 1 amide bonds. The molecule has 1 saturated heterocycles. The summed E-state index contributed by atoms with van der Waals surface area (Å²) in [5.41, 5.74) is 1.93. The summed E-state index contributed by atoms with van der Waals surface area (Å²) in [6.07, 6.45) is 2.55. The molecular weight excluding hydrogens is 364 g/mol. The van der Waals surface area contributed by atoms with Crippen LogP contribution in [0.2, 0.25) is 0 Å². The molecule has 1 N–H and O–H groups in total. The van der Waals surface area contributed by atoms with Gasteiger partial charge in [0.15, 0.2) is 0 Å². The standard InChI is InChI=1S/C24H32N2O3/c1-18-12-14-26(15-13-18)16-20-4-6-21(7-5-20)24(27)25-19(2)17-29-23-10-8-22(28-3)9-11-23/h4-11,18-19H,12-17H2,1-3H3,(H,25,27)/t19-/m1/s1. The van der Waals surface area contributed by atoms with Crippen LogP contribution in [-0.2, 0) is 6.54 Å². The smallest absolute Gasteiger partial charge is 0.251 e. The molecule has 156 valence electrons. The molecule has 5 heteroatoms. The fraction of sp³-hybridized carbons (Fsp3) is 0.458. The van der Waals surface area contributed by atoms with Gasteiger partial charge in [-0.3, -0.25) is 9.69 Å². The van der Waals surface area contributed by atoms with Gasteiger partial charge in [-0.1, -0.05) is 19.1 Å². The summed E-state index contributed by atoms with van der Waals surface area (Å²) in [5, 5.41) is 3.00. The Kier molecular flexibility index (Phi) is 7.53. The van der Waals surface area contributed by atoms with E-state index in [1.807, 2.05) is 43.3 Å². The lowest BCUT2D eigenvalue weighted by Crippen LogP contribution is -2.36. The average molecular weight is 397 g/mol. The van der Waals surface area contributed by atoms with Crippen molar-refractivity contribution in [1.29, 1.82) is 0 Å². The van der Waals surface area contributed by atoms with Crippen LogP contribution in [0, 0.1) is 5.92 Å². The molecule has 1 aliphatic rings. The number of rotatable bonds is 8. The van der Waals surface area contributed by atoms with Crippen LogP contribution in [0.5, 0.6) is 11.5 Å². The van der Waals surface area contributed by atoms with Gasteiger partial charge in [-0.05, 0) is 80.7 Å². The van der Waals surface area contributed by atoms with Crippen LogP contribution in [0.3, 0.4) is 0 Å². The zero-order valence-corrected chi connectivity index (χ0v) is 17.7. The van der Waals surface area contributed by atoms with Gasteiger partial charge in [-0.2, -0.15) is 0 Å². The Morgan fingerprint density at radius 1 is 1.07 bits per heavy atom. The van der Waals surface area contributed by atoms with Gasteiger partial charge in [0.1, 0.15) is 18.1 Å². The van der Waals surface area contributed by atoms with E-state index in [1.54, 1.807) is 7.11 Å². The summed E-state index contributed by atoms with van der Waals surface area (Å²) < 4.78 is 10.9. The number of benzene rings is 2. The summed E-state index contributed by atoms with van der Waals surface area (Å²) in [6, 6.07) is 15.3. The molecule has 2 aromatic carbocycles. The predicted molar refractivity (Wildman–Crippen MR) is 116 cm³/mol. The van der Waals surface area contributed by atoms with Crippen molar-refractivity contribution < 1.29 is 14.3 Å². The number of ether oxygens (including phenoxy) is 2. The maximum atomic E-state index is 12.5. The van der Waals surface area contributed by atoms with Crippen molar-refractivity contribution in [2.24, 2.45) is 5.92 Å². The zero-order valence-electron chi connectivity index (χ0n) is 17.7. The van der Waals surface area contributed by atoms with Crippen LogP contribution in [0.4, 0.5) is 0 Å². The van der Waals surface area contributed by atoms with Crippen molar-refractivity contribution in [1.82, 2.24) is 10.2 Å². The molecule has 0 aliphatic carbocycles. The molecule has 1 aliphatic heterocycles. The van der Waals surface area contributed by atoms with Crippen molar-refractivity contribution in [3.05, 3.63) is 59.7 Å². The summed E-state index contributed by atoms with van der Waals surface area (Å²) in [7, 11) is 1.63. The number of methoxy groups -OCH3 is 1. The van der Waals surface area contributed by atoms with Crippen molar-refractivity contribution >= 4 is 5.91 Å². The maximum Gasteiger partial charge on any atom is 0.251 e. The Morgan fingerprint density at radius 2 is 1.69 bits per heavy atom. The lowest BCUT2D eigenvalue weighted by atomic mass is 9.99. The first-order valence-electron chi connectivity index (χ1n) is 10.4. The minimum atomic E-state index is -0.0976. The molecule has 0 aromatic heterocycles. The first-order valence-corrected chi connectivity index (χ1v) is 10.4. The van der Waals surface area contributed by atoms with Crippen molar-refractivity contribution in [3.63, 3.8) is 0 Å². The largest absolute Gasteiger partial charge is 0.497 e. The number of nitrogens with zero attached hydrogens (tertiary/aromatic N) is 1. The van der Waals surface area contributed by atoms with E-state index in [4.69, 9.17) is 9.47 Å². The SMILES string of the molecule is COc1ccc(OC[C@@H](C)NC(=O)c2ccc(CN3CCC(C)CC3)cc2)cc1. The molecule has 29 heavy (non-hydrogen) atoms. The molecule has 3 rings (SSSR count). The molecule has 1 atom stereocenters. The van der Waals surface area contributed by atoms with Crippen LogP contribution >= 0.6 is 0 Å². The van der Waals surface area contributed by atoms with E-state index in [0.717, 1.165) is 37.1 Å². The number of piperidine rings is 1. The number of amides is 1. The van der Waals surface area contributed by atoms with E-state index in [2.05, 4.69) is 29.3 Å². The maximum absolute atomic E-state index is 12.5. The Morgan fingerprint density at radius 3 is 2.31 bits per heavy atom. The summed E-state index contributed by atoms with van der Waals surface area (Å²) in [5.74, 6) is 2.31. The van der Waals surface area contributed by atoms with Crippen molar-refractivity contribution in [2.45, 2.75) is 39.3 Å². The molecule has 2 aromatic rings. The third-order valence-corrected chi connectivity index (χ3v) is 5.44. The fourth-order valence-corrected chi connectivity index (χ4v) is 3.48. The van der Waals surface area contributed by atoms with E-state index in [0.29, 0.717) is 12.2 Å². The lowest BCUT2D eigenvalue weighted by Gasteiger charge is -2.30. The Balaban J connectivity index is 1.44. The third-order valence-electron chi connectivity index (χ3n) is 5.44. The second kappa shape index (κ2) is 10.3. The van der Waals surface area contributed by atoms with Gasteiger partial charge >= 0.3 is 0 Å². The topological polar surface area (TPSA) is 50.8 Å². The molecular formula is C24H32N2O3. The first kappa shape index (κ1) is 21.2. The normalized spacial score (nSPS) is 16.2. The minimum absolute atomic E-state index is 0.0748. The monoisotopic (exact) mass is 396 g/mol. The first-order chi connectivity index (χ1) is 14.0. The van der Waals surface area contributed by atoms with E-state index >= 15 is 0 Å². The zero-order chi connectivity index (χ0) is 20.6. The number of carbonyl (C=O) groups excluding carboxylic acids is 1. The molecule has 0 radical (unpaired) electrons. The Labute approximate surface area is 174 Å². The second-order valence-electron chi connectivity index (χ2n) is 8.02. The van der Waals surface area contributed by atoms with E-state index in [1.165, 1.54) is 18.4 Å². The van der Waals surface area contributed by atoms with Crippen molar-refractivity contribution in [3.8, 4) is 11.5 Å². The van der Waals surface area contributed by atoms with Crippen molar-refractivity contribution in [2.75, 3.05) is 26.8 Å². The van der Waals surface area contributed by atoms with E-state index in [9.17, 15) is 4.79 Å². The lowest BCUT2D eigenvalue weighted by molar-refractivity contribution is 0.0926. The highest BCUT2D eigenvalue weighted by molar-refractivity contribution is 5.94. The molecule has 1 heterocycles. The van der Waals surface area contributed by atoms with Gasteiger partial charge in [0, 0.05) is 12.1 Å². The minimum Gasteiger partial charge on any atom is -0.497 e. The molecule has 5 nitrogen and oxygen atoms in total. The number of hydrogen-bond acceptors (Lipinski definition) is 4. The third kappa shape index (κ3) is 6.50. The quantitative estimate of drug-likeness (QED) is 0.729. The predicted octanol–water partition coefficient (Wildman–Crippen LogP) is 4.12. The number of nitrogens with one attached hydrogen (secondary N) is 1. The summed E-state index contributed by atoms with van der Waals surface area (Å²) >= 11 is 0. The highest BCUT2D eigenvalue weighted by Gasteiger charge is 2.16. The van der Waals surface area contributed by atoms with Gasteiger partial charge in [0.2, 0.25) is 0 Å². The van der Waals surface area contributed by atoms with Gasteiger partial charge in [-0.25, -0.2) is 0 Å². The number of likely N-dealkylation sites (tertiary alicyclic amines) is 1.